The van der Waals surface area contributed by atoms with Gasteiger partial charge in [0.15, 0.2) is 0 Å². The van der Waals surface area contributed by atoms with Gasteiger partial charge in [-0.15, -0.1) is 0 Å². The third-order valence-corrected chi connectivity index (χ3v) is 5.51. The largest absolute Gasteiger partial charge is 0.507 e. The molecule has 0 aliphatic heterocycles. The van der Waals surface area contributed by atoms with Gasteiger partial charge in [0.25, 0.3) is 5.91 Å². The Bertz CT molecular complexity index is 1350. The third kappa shape index (κ3) is 5.73. The van der Waals surface area contributed by atoms with Crippen LogP contribution in [0, 0.1) is 11.6 Å². The van der Waals surface area contributed by atoms with Gasteiger partial charge in [0.1, 0.15) is 23.1 Å². The van der Waals surface area contributed by atoms with Gasteiger partial charge < -0.3 is 15.2 Å². The van der Waals surface area contributed by atoms with Crippen molar-refractivity contribution in [3.8, 4) is 22.6 Å². The minimum atomic E-state index is -0.503. The van der Waals surface area contributed by atoms with Crippen molar-refractivity contribution in [1.82, 2.24) is 0 Å². The molecule has 1 amide bonds. The third-order valence-electron chi connectivity index (χ3n) is 5.51. The highest BCUT2D eigenvalue weighted by Gasteiger charge is 2.20. The lowest BCUT2D eigenvalue weighted by atomic mass is 9.94. The maximum atomic E-state index is 13.5. The molecule has 35 heavy (non-hydrogen) atoms. The van der Waals surface area contributed by atoms with Crippen molar-refractivity contribution in [3.63, 3.8) is 0 Å². The first-order valence-electron chi connectivity index (χ1n) is 10.9. The monoisotopic (exact) mass is 471 g/mol. The lowest BCUT2D eigenvalue weighted by molar-refractivity contribution is 0.102. The number of anilines is 1. The van der Waals surface area contributed by atoms with E-state index in [0.29, 0.717) is 34.5 Å². The Hall–Kier alpha value is -4.45. The second-order valence-corrected chi connectivity index (χ2v) is 7.84. The number of allylic oxidation sites excluding steroid dienone is 1. The first kappa shape index (κ1) is 23.7. The normalized spacial score (nSPS) is 10.9. The summed E-state index contributed by atoms with van der Waals surface area (Å²) in [5.41, 5.74) is 3.03. The summed E-state index contributed by atoms with van der Waals surface area (Å²) in [6.07, 6.45) is 3.98. The van der Waals surface area contributed by atoms with E-state index >= 15 is 0 Å². The molecule has 6 heteroatoms. The van der Waals surface area contributed by atoms with Crippen molar-refractivity contribution in [2.24, 2.45) is 0 Å². The molecule has 0 saturated carbocycles. The van der Waals surface area contributed by atoms with Crippen molar-refractivity contribution in [1.29, 1.82) is 0 Å². The maximum absolute atomic E-state index is 13.5. The number of benzene rings is 4. The second kappa shape index (κ2) is 10.7. The van der Waals surface area contributed by atoms with Crippen LogP contribution in [0.3, 0.4) is 0 Å². The van der Waals surface area contributed by atoms with Gasteiger partial charge >= 0.3 is 0 Å². The number of carbonyl (C=O) groups excluding carboxylic acids is 1. The molecule has 0 unspecified atom stereocenters. The Balaban J connectivity index is 1.67. The molecule has 0 bridgehead atoms. The van der Waals surface area contributed by atoms with Gasteiger partial charge in [-0.05, 0) is 77.2 Å². The molecule has 0 aliphatic rings. The molecule has 0 aliphatic carbocycles. The fourth-order valence-corrected chi connectivity index (χ4v) is 3.66. The highest BCUT2D eigenvalue weighted by molar-refractivity contribution is 6.11. The smallest absolute Gasteiger partial charge is 0.260 e. The van der Waals surface area contributed by atoms with Crippen molar-refractivity contribution < 1.29 is 23.4 Å². The number of amides is 1. The van der Waals surface area contributed by atoms with Crippen molar-refractivity contribution in [2.45, 2.75) is 6.42 Å². The number of phenolic OH excluding ortho intramolecular Hbond substituents is 1. The molecule has 4 nitrogen and oxygen atoms in total. The van der Waals surface area contributed by atoms with Gasteiger partial charge in [-0.2, -0.15) is 0 Å². The van der Waals surface area contributed by atoms with E-state index < -0.39 is 11.7 Å². The molecule has 0 saturated heterocycles. The molecule has 0 atom stereocenters. The number of hydrogen-bond acceptors (Lipinski definition) is 3. The molecule has 4 rings (SSSR count). The molecule has 4 aromatic rings. The summed E-state index contributed by atoms with van der Waals surface area (Å²) >= 11 is 0. The summed E-state index contributed by atoms with van der Waals surface area (Å²) in [5, 5.41) is 13.9. The summed E-state index contributed by atoms with van der Waals surface area (Å²) < 4.78 is 31.8. The Morgan fingerprint density at radius 1 is 0.886 bits per heavy atom. The highest BCUT2D eigenvalue weighted by Crippen LogP contribution is 2.34. The number of rotatable bonds is 7. The summed E-state index contributed by atoms with van der Waals surface area (Å²) in [7, 11) is 1.55. The van der Waals surface area contributed by atoms with E-state index in [4.69, 9.17) is 4.74 Å². The van der Waals surface area contributed by atoms with Gasteiger partial charge in [0.2, 0.25) is 0 Å². The van der Waals surface area contributed by atoms with Crippen LogP contribution < -0.4 is 10.1 Å². The Morgan fingerprint density at radius 2 is 1.51 bits per heavy atom. The zero-order valence-corrected chi connectivity index (χ0v) is 19.0. The molecule has 0 aromatic heterocycles. The first-order valence-corrected chi connectivity index (χ1v) is 10.9. The van der Waals surface area contributed by atoms with E-state index in [9.17, 15) is 18.7 Å². The molecule has 176 valence electrons. The van der Waals surface area contributed by atoms with Crippen molar-refractivity contribution in [3.05, 3.63) is 119 Å². The molecule has 0 radical (unpaired) electrons. The van der Waals surface area contributed by atoms with Crippen molar-refractivity contribution in [2.75, 3.05) is 12.4 Å². The molecule has 0 spiro atoms. The molecule has 0 fully saturated rings. The van der Waals surface area contributed by atoms with E-state index in [1.54, 1.807) is 67.8 Å². The van der Waals surface area contributed by atoms with Gasteiger partial charge in [-0.1, -0.05) is 48.6 Å². The number of phenols is 1. The van der Waals surface area contributed by atoms with Gasteiger partial charge in [0.05, 0.1) is 12.7 Å². The minimum absolute atomic E-state index is 0.0834. The van der Waals surface area contributed by atoms with Crippen LogP contribution in [-0.4, -0.2) is 18.1 Å². The first-order chi connectivity index (χ1) is 16.9. The van der Waals surface area contributed by atoms with E-state index in [1.807, 2.05) is 12.2 Å². The van der Waals surface area contributed by atoms with Crippen LogP contribution in [0.25, 0.3) is 17.2 Å². The van der Waals surface area contributed by atoms with Crippen LogP contribution in [0.2, 0.25) is 0 Å². The predicted octanol–water partition coefficient (Wildman–Crippen LogP) is 6.85. The summed E-state index contributed by atoms with van der Waals surface area (Å²) in [4.78, 5) is 13.3. The van der Waals surface area contributed by atoms with E-state index in [0.717, 1.165) is 5.56 Å². The van der Waals surface area contributed by atoms with Gasteiger partial charge in [-0.3, -0.25) is 4.79 Å². The summed E-state index contributed by atoms with van der Waals surface area (Å²) in [6, 6.07) is 22.0. The van der Waals surface area contributed by atoms with Gasteiger partial charge in [0, 0.05) is 5.69 Å². The fourth-order valence-electron chi connectivity index (χ4n) is 3.66. The van der Waals surface area contributed by atoms with E-state index in [2.05, 4.69) is 5.32 Å². The Labute approximate surface area is 202 Å². The zero-order valence-electron chi connectivity index (χ0n) is 19.0. The average Bonchev–Trinajstić information content (AvgIpc) is 2.87. The predicted molar refractivity (Wildman–Crippen MR) is 134 cm³/mol. The number of hydrogen-bond donors (Lipinski definition) is 2. The second-order valence-electron chi connectivity index (χ2n) is 7.84. The molecule has 2 N–H and O–H groups in total. The maximum Gasteiger partial charge on any atom is 0.260 e. The number of carbonyl (C=O) groups is 1. The topological polar surface area (TPSA) is 58.6 Å². The highest BCUT2D eigenvalue weighted by atomic mass is 19.1. The standard InChI is InChI=1S/C29H23F2NO3/c1-35-25-16-14-24(15-17-25)32-29(34)27-26(20-7-12-23(31)13-8-20)18-9-21(28(27)33)4-2-3-19-5-10-22(30)11-6-19/h2-3,5-18,33H,4H2,1H3,(H,32,34)/b3-2+. The summed E-state index contributed by atoms with van der Waals surface area (Å²) in [6.45, 7) is 0. The van der Waals surface area contributed by atoms with Crippen LogP contribution in [0.4, 0.5) is 14.5 Å². The minimum Gasteiger partial charge on any atom is -0.507 e. The SMILES string of the molecule is COc1ccc(NC(=O)c2c(-c3ccc(F)cc3)ccc(C/C=C/c3ccc(F)cc3)c2O)cc1. The molecule has 4 aromatic carbocycles. The summed E-state index contributed by atoms with van der Waals surface area (Å²) in [5.74, 6) is -0.737. The van der Waals surface area contributed by atoms with Crippen LogP contribution >= 0.6 is 0 Å². The van der Waals surface area contributed by atoms with Crippen LogP contribution in [0.1, 0.15) is 21.5 Å². The number of methoxy groups -OCH3 is 1. The molecule has 0 heterocycles. The molecular weight excluding hydrogens is 448 g/mol. The van der Waals surface area contributed by atoms with Gasteiger partial charge in [-0.25, -0.2) is 8.78 Å². The van der Waals surface area contributed by atoms with E-state index in [1.165, 1.54) is 24.3 Å². The number of nitrogens with one attached hydrogen (secondary N) is 1. The van der Waals surface area contributed by atoms with Crippen LogP contribution in [0.15, 0.2) is 91.0 Å². The Morgan fingerprint density at radius 3 is 2.14 bits per heavy atom. The number of aromatic hydroxyl groups is 1. The zero-order chi connectivity index (χ0) is 24.8. The van der Waals surface area contributed by atoms with Crippen LogP contribution in [-0.2, 0) is 6.42 Å². The fraction of sp³-hybridized carbons (Fsp3) is 0.0690. The average molecular weight is 472 g/mol. The number of halogens is 2. The Kier molecular flexibility index (Phi) is 7.21. The van der Waals surface area contributed by atoms with E-state index in [-0.39, 0.29) is 17.1 Å². The molecular formula is C29H23F2NO3. The lowest BCUT2D eigenvalue weighted by Gasteiger charge is -2.15. The van der Waals surface area contributed by atoms with Crippen molar-refractivity contribution >= 4 is 17.7 Å². The van der Waals surface area contributed by atoms with Crippen LogP contribution in [0.5, 0.6) is 11.5 Å². The quantitative estimate of drug-likeness (QED) is 0.310. The lowest BCUT2D eigenvalue weighted by Crippen LogP contribution is -2.14. The number of ether oxygens (including phenoxy) is 1.